The smallest absolute Gasteiger partial charge is 0.247 e. The molecule has 2 nitrogen and oxygen atoms in total. The Morgan fingerprint density at radius 1 is 0.317 bits per heavy atom. The molecule has 4 heteroatoms. The number of rotatable bonds is 2. The van der Waals surface area contributed by atoms with Gasteiger partial charge in [0.2, 0.25) is 13.4 Å². The number of para-hydroxylation sites is 2. The number of benzene rings is 9. The van der Waals surface area contributed by atoms with Crippen molar-refractivity contribution in [3.05, 3.63) is 179 Å². The van der Waals surface area contributed by atoms with Crippen LogP contribution in [0.5, 0.6) is 0 Å². The summed E-state index contributed by atoms with van der Waals surface area (Å²) in [5.74, 6) is 0. The lowest BCUT2D eigenvalue weighted by molar-refractivity contribution is 1.17. The number of aryl methyl sites for hydroxylation is 6. The van der Waals surface area contributed by atoms with Crippen molar-refractivity contribution in [1.29, 1.82) is 0 Å². The molecular formula is C56H42B2N2. The highest BCUT2D eigenvalue weighted by molar-refractivity contribution is 7.00. The zero-order valence-electron chi connectivity index (χ0n) is 34.9. The van der Waals surface area contributed by atoms with E-state index in [1.807, 2.05) is 0 Å². The molecule has 9 aromatic carbocycles. The number of hydrogen-bond acceptors (Lipinski definition) is 0. The first-order chi connectivity index (χ1) is 29.3. The molecule has 0 amide bonds. The van der Waals surface area contributed by atoms with E-state index >= 15 is 0 Å². The predicted molar refractivity (Wildman–Crippen MR) is 261 cm³/mol. The Labute approximate surface area is 350 Å². The molecule has 13 rings (SSSR count). The molecule has 282 valence electrons. The lowest BCUT2D eigenvalue weighted by Crippen LogP contribution is -2.61. The highest BCUT2D eigenvalue weighted by atomic mass is 15.0. The van der Waals surface area contributed by atoms with E-state index in [1.54, 1.807) is 0 Å². The number of aromatic nitrogens is 2. The van der Waals surface area contributed by atoms with E-state index in [-0.39, 0.29) is 13.4 Å². The second-order valence-electron chi connectivity index (χ2n) is 18.0. The van der Waals surface area contributed by atoms with Gasteiger partial charge in [0, 0.05) is 54.7 Å². The Morgan fingerprint density at radius 3 is 1.10 bits per heavy atom. The summed E-state index contributed by atoms with van der Waals surface area (Å²) in [5, 5.41) is 10.4. The SMILES string of the molecule is Cc1cc(C)c(B2c3cc4c(cc3-n3c5c2cccc5c2ccc5ccccc5c23)B(c2c(C)cc(C)cc2C)c2cccc3c5ccc6ccccc6c5n-4c23)c(C)c1. The van der Waals surface area contributed by atoms with Crippen LogP contribution in [0.2, 0.25) is 0 Å². The van der Waals surface area contributed by atoms with Gasteiger partial charge in [-0.05, 0) is 86.3 Å². The van der Waals surface area contributed by atoms with Gasteiger partial charge in [-0.3, -0.25) is 0 Å². The van der Waals surface area contributed by atoms with Gasteiger partial charge in [0.15, 0.2) is 0 Å². The molecule has 0 atom stereocenters. The molecule has 0 bridgehead atoms. The molecular weight excluding hydrogens is 722 g/mol. The molecule has 4 heterocycles. The highest BCUT2D eigenvalue weighted by Gasteiger charge is 2.41. The average molecular weight is 765 g/mol. The molecule has 0 aliphatic carbocycles. The molecule has 2 aliphatic heterocycles. The minimum atomic E-state index is 0.0465. The highest BCUT2D eigenvalue weighted by Crippen LogP contribution is 2.41. The van der Waals surface area contributed by atoms with E-state index in [2.05, 4.69) is 196 Å². The molecule has 2 aromatic heterocycles. The van der Waals surface area contributed by atoms with Crippen LogP contribution >= 0.6 is 0 Å². The molecule has 0 saturated carbocycles. The Hall–Kier alpha value is -6.77. The molecule has 0 unspecified atom stereocenters. The lowest BCUT2D eigenvalue weighted by Gasteiger charge is -2.34. The summed E-state index contributed by atoms with van der Waals surface area (Å²) in [7, 11) is 0. The Balaban J connectivity index is 1.27. The van der Waals surface area contributed by atoms with Crippen molar-refractivity contribution in [2.24, 2.45) is 0 Å². The summed E-state index contributed by atoms with van der Waals surface area (Å²) in [4.78, 5) is 0. The fourth-order valence-electron chi connectivity index (χ4n) is 12.4. The number of hydrogen-bond donors (Lipinski definition) is 0. The molecule has 0 fully saturated rings. The van der Waals surface area contributed by atoms with Crippen LogP contribution in [0.25, 0.3) is 76.5 Å². The van der Waals surface area contributed by atoms with Crippen molar-refractivity contribution in [1.82, 2.24) is 9.13 Å². The second-order valence-corrected chi connectivity index (χ2v) is 18.0. The predicted octanol–water partition coefficient (Wildman–Crippen LogP) is 9.70. The van der Waals surface area contributed by atoms with Crippen molar-refractivity contribution in [2.45, 2.75) is 41.5 Å². The van der Waals surface area contributed by atoms with Crippen molar-refractivity contribution in [3.8, 4) is 11.4 Å². The number of nitrogens with zero attached hydrogens (tertiary/aromatic N) is 2. The van der Waals surface area contributed by atoms with Gasteiger partial charge in [-0.1, -0.05) is 178 Å². The largest absolute Gasteiger partial charge is 0.310 e. The summed E-state index contributed by atoms with van der Waals surface area (Å²) in [5.41, 5.74) is 24.2. The van der Waals surface area contributed by atoms with Crippen LogP contribution in [-0.4, -0.2) is 22.6 Å². The van der Waals surface area contributed by atoms with Crippen LogP contribution in [0.3, 0.4) is 0 Å². The summed E-state index contributed by atoms with van der Waals surface area (Å²) < 4.78 is 5.33. The quantitative estimate of drug-likeness (QED) is 0.155. The molecule has 0 spiro atoms. The van der Waals surface area contributed by atoms with Gasteiger partial charge < -0.3 is 9.13 Å². The zero-order valence-corrected chi connectivity index (χ0v) is 34.9. The maximum absolute atomic E-state index is 2.67. The molecule has 0 saturated heterocycles. The van der Waals surface area contributed by atoms with Gasteiger partial charge in [0.1, 0.15) is 0 Å². The summed E-state index contributed by atoms with van der Waals surface area (Å²) >= 11 is 0. The summed E-state index contributed by atoms with van der Waals surface area (Å²) in [6.07, 6.45) is 0. The molecule has 2 aliphatic rings. The van der Waals surface area contributed by atoms with Crippen LogP contribution < -0.4 is 32.8 Å². The first-order valence-electron chi connectivity index (χ1n) is 21.5. The molecule has 0 N–H and O–H groups in total. The van der Waals surface area contributed by atoms with Crippen molar-refractivity contribution in [2.75, 3.05) is 0 Å². The van der Waals surface area contributed by atoms with Crippen LogP contribution in [0, 0.1) is 41.5 Å². The van der Waals surface area contributed by atoms with Crippen molar-refractivity contribution in [3.63, 3.8) is 0 Å². The van der Waals surface area contributed by atoms with E-state index < -0.39 is 0 Å². The van der Waals surface area contributed by atoms with Crippen LogP contribution in [0.15, 0.2) is 146 Å². The Bertz CT molecular complexity index is 3460. The average Bonchev–Trinajstić information content (AvgIpc) is 3.77. The third kappa shape index (κ3) is 4.31. The Morgan fingerprint density at radius 2 is 0.683 bits per heavy atom. The van der Waals surface area contributed by atoms with Gasteiger partial charge in [-0.25, -0.2) is 0 Å². The topological polar surface area (TPSA) is 9.86 Å². The fraction of sp³-hybridized carbons (Fsp3) is 0.107. The van der Waals surface area contributed by atoms with Gasteiger partial charge in [0.05, 0.1) is 11.0 Å². The third-order valence-electron chi connectivity index (χ3n) is 14.4. The monoisotopic (exact) mass is 764 g/mol. The maximum Gasteiger partial charge on any atom is 0.247 e. The van der Waals surface area contributed by atoms with Gasteiger partial charge in [-0.2, -0.15) is 0 Å². The van der Waals surface area contributed by atoms with E-state index in [9.17, 15) is 0 Å². The number of fused-ring (bicyclic) bond motifs is 14. The van der Waals surface area contributed by atoms with Gasteiger partial charge >= 0.3 is 0 Å². The molecule has 0 radical (unpaired) electrons. The first-order valence-corrected chi connectivity index (χ1v) is 21.5. The van der Waals surface area contributed by atoms with E-state index in [0.717, 1.165) is 0 Å². The van der Waals surface area contributed by atoms with E-state index in [4.69, 9.17) is 0 Å². The van der Waals surface area contributed by atoms with E-state index in [1.165, 1.54) is 143 Å². The summed E-state index contributed by atoms with van der Waals surface area (Å²) in [6.45, 7) is 13.9. The maximum atomic E-state index is 2.67. The standard InChI is InChI=1S/C56H42B2N2/c1-31-25-33(3)51(34(4)26-31)57-45-19-11-17-41-43-23-21-37-13-7-9-15-39(37)53(43)59(55(41)45)49-30-48-50(29-47(49)57)60-54-40-16-10-8-14-38(40)22-24-44(54)42-18-12-20-46(56(42)60)58(48)52-35(5)27-32(2)28-36(52)6/h7-30H,1-6H3. The molecule has 11 aromatic rings. The van der Waals surface area contributed by atoms with Crippen molar-refractivity contribution < 1.29 is 0 Å². The van der Waals surface area contributed by atoms with Gasteiger partial charge in [0.25, 0.3) is 0 Å². The van der Waals surface area contributed by atoms with Gasteiger partial charge in [-0.15, -0.1) is 0 Å². The Kier molecular flexibility index (Phi) is 6.78. The zero-order chi connectivity index (χ0) is 40.3. The van der Waals surface area contributed by atoms with Crippen LogP contribution in [0.4, 0.5) is 0 Å². The molecule has 60 heavy (non-hydrogen) atoms. The lowest BCUT2D eigenvalue weighted by atomic mass is 9.32. The van der Waals surface area contributed by atoms with Crippen molar-refractivity contribution >= 4 is 111 Å². The summed E-state index contributed by atoms with van der Waals surface area (Å²) in [6, 6.07) is 56.3. The first kappa shape index (κ1) is 34.1. The third-order valence-corrected chi connectivity index (χ3v) is 14.4. The minimum absolute atomic E-state index is 0.0465. The fourth-order valence-corrected chi connectivity index (χ4v) is 12.4. The normalized spacial score (nSPS) is 13.1. The second kappa shape index (κ2) is 11.9. The van der Waals surface area contributed by atoms with E-state index in [0.29, 0.717) is 0 Å². The van der Waals surface area contributed by atoms with Crippen LogP contribution in [0.1, 0.15) is 33.4 Å². The van der Waals surface area contributed by atoms with Crippen LogP contribution in [-0.2, 0) is 0 Å². The minimum Gasteiger partial charge on any atom is -0.310 e.